The first-order valence-corrected chi connectivity index (χ1v) is 5.71. The summed E-state index contributed by atoms with van der Waals surface area (Å²) in [5, 5.41) is 0. The highest BCUT2D eigenvalue weighted by molar-refractivity contribution is 5.84. The van der Waals surface area contributed by atoms with Crippen molar-refractivity contribution in [2.24, 2.45) is 0 Å². The van der Waals surface area contributed by atoms with Crippen LogP contribution in [0.25, 0.3) is 6.08 Å². The van der Waals surface area contributed by atoms with E-state index in [1.54, 1.807) is 6.08 Å². The van der Waals surface area contributed by atoms with Gasteiger partial charge in [0.2, 0.25) is 0 Å². The highest BCUT2D eigenvalue weighted by Crippen LogP contribution is 2.50. The fourth-order valence-corrected chi connectivity index (χ4v) is 3.00. The van der Waals surface area contributed by atoms with Crippen LogP contribution >= 0.6 is 0 Å². The van der Waals surface area contributed by atoms with E-state index in [1.165, 1.54) is 0 Å². The Balaban J connectivity index is 2.14. The summed E-state index contributed by atoms with van der Waals surface area (Å²) in [6.45, 7) is 0. The number of hydrogen-bond donors (Lipinski definition) is 0. The highest BCUT2D eigenvalue weighted by Gasteiger charge is 2.45. The first kappa shape index (κ1) is 9.76. The maximum Gasteiger partial charge on any atom is 0.134 e. The second kappa shape index (κ2) is 3.27. The summed E-state index contributed by atoms with van der Waals surface area (Å²) in [6.07, 6.45) is 4.10. The number of benzene rings is 1. The summed E-state index contributed by atoms with van der Waals surface area (Å²) in [5.41, 5.74) is 1.32. The van der Waals surface area contributed by atoms with Crippen molar-refractivity contribution in [2.75, 3.05) is 0 Å². The summed E-state index contributed by atoms with van der Waals surface area (Å²) in [5.74, 6) is 0.0632. The zero-order chi connectivity index (χ0) is 11.2. The molecule has 2 heteroatoms. The van der Waals surface area contributed by atoms with Gasteiger partial charge in [-0.3, -0.25) is 4.79 Å². The van der Waals surface area contributed by atoms with Gasteiger partial charge in [-0.25, -0.2) is 4.39 Å². The topological polar surface area (TPSA) is 17.1 Å². The molecule has 0 heterocycles. The molecule has 0 N–H and O–H groups in total. The lowest BCUT2D eigenvalue weighted by Crippen LogP contribution is -2.32. The van der Waals surface area contributed by atoms with Gasteiger partial charge in [0.15, 0.2) is 0 Å². The third kappa shape index (κ3) is 1.19. The van der Waals surface area contributed by atoms with Crippen LogP contribution in [0, 0.1) is 0 Å². The Morgan fingerprint density at radius 2 is 2.06 bits per heavy atom. The molecule has 82 valence electrons. The maximum atomic E-state index is 14.1. The molecule has 0 amide bonds. The third-order valence-electron chi connectivity index (χ3n) is 3.77. The number of fused-ring (bicyclic) bond motifs is 2. The van der Waals surface area contributed by atoms with Crippen LogP contribution in [0.1, 0.15) is 36.8 Å². The molecule has 0 aromatic heterocycles. The molecule has 1 atom stereocenters. The van der Waals surface area contributed by atoms with Gasteiger partial charge in [0.05, 0.1) is 5.41 Å². The number of hydrogen-bond acceptors (Lipinski definition) is 1. The molecule has 1 unspecified atom stereocenters. The van der Waals surface area contributed by atoms with Crippen LogP contribution < -0.4 is 0 Å². The standard InChI is InChI=1S/C14H13FO/c15-13-8-10-4-1-2-6-12(10)14(13)7-3-5-11(16)9-14/h1-2,4,6,8H,3,5,7,9H2. The number of Topliss-reactive ketones (excluding diaryl/α,β-unsaturated/α-hetero) is 1. The molecule has 0 saturated heterocycles. The zero-order valence-electron chi connectivity index (χ0n) is 9.00. The van der Waals surface area contributed by atoms with E-state index in [1.807, 2.05) is 24.3 Å². The maximum absolute atomic E-state index is 14.1. The number of ketones is 1. The smallest absolute Gasteiger partial charge is 0.134 e. The van der Waals surface area contributed by atoms with Crippen molar-refractivity contribution in [3.8, 4) is 0 Å². The lowest BCUT2D eigenvalue weighted by Gasteiger charge is -2.33. The Morgan fingerprint density at radius 1 is 1.25 bits per heavy atom. The second-order valence-corrected chi connectivity index (χ2v) is 4.73. The summed E-state index contributed by atoms with van der Waals surface area (Å²) < 4.78 is 14.1. The largest absolute Gasteiger partial charge is 0.300 e. The van der Waals surface area contributed by atoms with Gasteiger partial charge in [-0.05, 0) is 30.0 Å². The molecule has 1 nitrogen and oxygen atoms in total. The fourth-order valence-electron chi connectivity index (χ4n) is 3.00. The van der Waals surface area contributed by atoms with Crippen molar-refractivity contribution in [1.29, 1.82) is 0 Å². The van der Waals surface area contributed by atoms with E-state index in [2.05, 4.69) is 0 Å². The molecule has 0 radical (unpaired) electrons. The summed E-state index contributed by atoms with van der Waals surface area (Å²) in [7, 11) is 0. The van der Waals surface area contributed by atoms with Gasteiger partial charge in [-0.2, -0.15) is 0 Å². The van der Waals surface area contributed by atoms with Crippen molar-refractivity contribution in [1.82, 2.24) is 0 Å². The molecule has 16 heavy (non-hydrogen) atoms. The first-order chi connectivity index (χ1) is 7.72. The first-order valence-electron chi connectivity index (χ1n) is 5.71. The quantitative estimate of drug-likeness (QED) is 0.649. The van der Waals surface area contributed by atoms with Crippen molar-refractivity contribution < 1.29 is 9.18 Å². The van der Waals surface area contributed by atoms with Gasteiger partial charge in [-0.15, -0.1) is 0 Å². The van der Waals surface area contributed by atoms with Gasteiger partial charge in [0, 0.05) is 12.8 Å². The number of carbonyl (C=O) groups excluding carboxylic acids is 1. The van der Waals surface area contributed by atoms with Gasteiger partial charge in [0.25, 0.3) is 0 Å². The van der Waals surface area contributed by atoms with Gasteiger partial charge in [0.1, 0.15) is 11.6 Å². The second-order valence-electron chi connectivity index (χ2n) is 4.73. The van der Waals surface area contributed by atoms with Crippen molar-refractivity contribution in [3.63, 3.8) is 0 Å². The average Bonchev–Trinajstić information content (AvgIpc) is 2.53. The molecule has 0 aliphatic heterocycles. The van der Waals surface area contributed by atoms with E-state index in [-0.39, 0.29) is 11.6 Å². The molecule has 1 fully saturated rings. The number of halogens is 1. The number of carbonyl (C=O) groups is 1. The third-order valence-corrected chi connectivity index (χ3v) is 3.77. The van der Waals surface area contributed by atoms with Crippen molar-refractivity contribution in [2.45, 2.75) is 31.1 Å². The van der Waals surface area contributed by atoms with Gasteiger partial charge in [-0.1, -0.05) is 24.3 Å². The predicted octanol–water partition coefficient (Wildman–Crippen LogP) is 3.39. The zero-order valence-corrected chi connectivity index (χ0v) is 9.00. The predicted molar refractivity (Wildman–Crippen MR) is 60.7 cm³/mol. The average molecular weight is 216 g/mol. The number of allylic oxidation sites excluding steroid dienone is 1. The molecular formula is C14H13FO. The molecular weight excluding hydrogens is 203 g/mol. The molecule has 2 aliphatic carbocycles. The van der Waals surface area contributed by atoms with Gasteiger partial charge < -0.3 is 0 Å². The van der Waals surface area contributed by atoms with Crippen LogP contribution in [0.3, 0.4) is 0 Å². The molecule has 2 aliphatic rings. The monoisotopic (exact) mass is 216 g/mol. The Kier molecular flexibility index (Phi) is 2.00. The Hall–Kier alpha value is -1.44. The highest BCUT2D eigenvalue weighted by atomic mass is 19.1. The lowest BCUT2D eigenvalue weighted by molar-refractivity contribution is -0.121. The van der Waals surface area contributed by atoms with Crippen molar-refractivity contribution >= 4 is 11.9 Å². The minimum atomic E-state index is -0.619. The van der Waals surface area contributed by atoms with E-state index in [0.717, 1.165) is 24.0 Å². The fraction of sp³-hybridized carbons (Fsp3) is 0.357. The summed E-state index contributed by atoms with van der Waals surface area (Å²) >= 11 is 0. The summed E-state index contributed by atoms with van der Waals surface area (Å²) in [6, 6.07) is 7.71. The van der Waals surface area contributed by atoms with E-state index < -0.39 is 5.41 Å². The van der Waals surface area contributed by atoms with Crippen LogP contribution in [0.4, 0.5) is 4.39 Å². The minimum absolute atomic E-state index is 0.123. The number of rotatable bonds is 0. The molecule has 0 bridgehead atoms. The Morgan fingerprint density at radius 3 is 2.88 bits per heavy atom. The molecule has 3 rings (SSSR count). The molecule has 1 saturated carbocycles. The van der Waals surface area contributed by atoms with Crippen LogP contribution in [0.5, 0.6) is 0 Å². The van der Waals surface area contributed by atoms with E-state index >= 15 is 0 Å². The Bertz CT molecular complexity index is 489. The normalized spacial score (nSPS) is 28.1. The summed E-state index contributed by atoms with van der Waals surface area (Å²) in [4.78, 5) is 11.6. The molecule has 1 aromatic rings. The van der Waals surface area contributed by atoms with Crippen LogP contribution in [-0.2, 0) is 10.2 Å². The van der Waals surface area contributed by atoms with Gasteiger partial charge >= 0.3 is 0 Å². The Labute approximate surface area is 94.0 Å². The minimum Gasteiger partial charge on any atom is -0.300 e. The van der Waals surface area contributed by atoms with E-state index in [9.17, 15) is 9.18 Å². The SMILES string of the molecule is O=C1CCCC2(C1)C(F)=Cc1ccccc12. The molecule has 1 spiro atoms. The lowest BCUT2D eigenvalue weighted by atomic mass is 9.70. The van der Waals surface area contributed by atoms with E-state index in [4.69, 9.17) is 0 Å². The molecule has 1 aromatic carbocycles. The van der Waals surface area contributed by atoms with Crippen LogP contribution in [0.15, 0.2) is 30.1 Å². The van der Waals surface area contributed by atoms with Crippen LogP contribution in [0.2, 0.25) is 0 Å². The van der Waals surface area contributed by atoms with E-state index in [0.29, 0.717) is 12.8 Å². The van der Waals surface area contributed by atoms with Crippen LogP contribution in [-0.4, -0.2) is 5.78 Å². The van der Waals surface area contributed by atoms with Crippen molar-refractivity contribution in [3.05, 3.63) is 41.2 Å².